The number of hydrogen-bond acceptors (Lipinski definition) is 5. The summed E-state index contributed by atoms with van der Waals surface area (Å²) >= 11 is 1.58. The summed E-state index contributed by atoms with van der Waals surface area (Å²) in [5, 5.41) is 9.34. The van der Waals surface area contributed by atoms with Gasteiger partial charge >= 0.3 is 0 Å². The SMILES string of the molecule is O=c1[nH]c(-c2cccs2)nc2c1CN(Cc1cn[nH]c1-c1ccccc1)CC2. The number of fused-ring (bicyclic) bond motifs is 1. The van der Waals surface area contributed by atoms with Gasteiger partial charge in [-0.2, -0.15) is 5.10 Å². The van der Waals surface area contributed by atoms with Crippen LogP contribution in [0.4, 0.5) is 0 Å². The summed E-state index contributed by atoms with van der Waals surface area (Å²) in [4.78, 5) is 23.6. The Labute approximate surface area is 165 Å². The number of benzene rings is 1. The molecular weight excluding hydrogens is 370 g/mol. The lowest BCUT2D eigenvalue weighted by molar-refractivity contribution is 0.242. The molecule has 7 heteroatoms. The molecule has 3 aromatic heterocycles. The Balaban J connectivity index is 1.39. The van der Waals surface area contributed by atoms with Crippen molar-refractivity contribution in [3.05, 3.63) is 81.2 Å². The summed E-state index contributed by atoms with van der Waals surface area (Å²) in [5.74, 6) is 0.674. The van der Waals surface area contributed by atoms with E-state index in [0.717, 1.165) is 52.5 Å². The predicted molar refractivity (Wildman–Crippen MR) is 110 cm³/mol. The number of rotatable bonds is 4. The molecule has 0 saturated heterocycles. The number of aromatic nitrogens is 4. The van der Waals surface area contributed by atoms with Gasteiger partial charge in [0.1, 0.15) is 0 Å². The fourth-order valence-electron chi connectivity index (χ4n) is 3.67. The van der Waals surface area contributed by atoms with Gasteiger partial charge in [-0.1, -0.05) is 36.4 Å². The molecule has 4 heterocycles. The van der Waals surface area contributed by atoms with Gasteiger partial charge in [0.05, 0.1) is 28.0 Å². The molecule has 2 N–H and O–H groups in total. The van der Waals surface area contributed by atoms with Crippen LogP contribution in [0.1, 0.15) is 16.8 Å². The second-order valence-corrected chi connectivity index (χ2v) is 7.86. The van der Waals surface area contributed by atoms with Crippen LogP contribution >= 0.6 is 11.3 Å². The monoisotopic (exact) mass is 389 g/mol. The molecule has 6 nitrogen and oxygen atoms in total. The van der Waals surface area contributed by atoms with Gasteiger partial charge in [-0.25, -0.2) is 4.98 Å². The zero-order valence-corrected chi connectivity index (χ0v) is 16.0. The topological polar surface area (TPSA) is 77.7 Å². The van der Waals surface area contributed by atoms with Crippen molar-refractivity contribution in [2.24, 2.45) is 0 Å². The first-order valence-corrected chi connectivity index (χ1v) is 10.1. The molecule has 0 bridgehead atoms. The molecule has 0 amide bonds. The number of hydrogen-bond donors (Lipinski definition) is 2. The van der Waals surface area contributed by atoms with Gasteiger partial charge in [-0.15, -0.1) is 11.3 Å². The molecule has 0 atom stereocenters. The van der Waals surface area contributed by atoms with E-state index in [2.05, 4.69) is 32.2 Å². The maximum atomic E-state index is 12.7. The van der Waals surface area contributed by atoms with Gasteiger partial charge in [-0.05, 0) is 17.0 Å². The lowest BCUT2D eigenvalue weighted by Gasteiger charge is -2.27. The van der Waals surface area contributed by atoms with Crippen molar-refractivity contribution < 1.29 is 0 Å². The highest BCUT2D eigenvalue weighted by Crippen LogP contribution is 2.25. The van der Waals surface area contributed by atoms with Gasteiger partial charge in [0, 0.05) is 31.6 Å². The van der Waals surface area contributed by atoms with Crippen LogP contribution < -0.4 is 5.56 Å². The fraction of sp³-hybridized carbons (Fsp3) is 0.190. The van der Waals surface area contributed by atoms with Gasteiger partial charge in [-0.3, -0.25) is 14.8 Å². The average molecular weight is 389 g/mol. The zero-order valence-electron chi connectivity index (χ0n) is 15.2. The van der Waals surface area contributed by atoms with Crippen LogP contribution in [-0.2, 0) is 19.5 Å². The van der Waals surface area contributed by atoms with E-state index in [0.29, 0.717) is 12.4 Å². The molecule has 1 aromatic carbocycles. The molecule has 0 aliphatic carbocycles. The molecule has 0 saturated carbocycles. The van der Waals surface area contributed by atoms with Crippen molar-refractivity contribution in [1.82, 2.24) is 25.1 Å². The standard InChI is InChI=1S/C21H19N5OS/c27-21-16-13-26(9-8-17(16)23-20(24-21)18-7-4-10-28-18)12-15-11-22-25-19(15)14-5-2-1-3-6-14/h1-7,10-11H,8-9,12-13H2,(H,22,25)(H,23,24,27). The molecule has 1 aliphatic rings. The maximum absolute atomic E-state index is 12.7. The minimum Gasteiger partial charge on any atom is -0.306 e. The number of H-pyrrole nitrogens is 2. The Morgan fingerprint density at radius 3 is 2.86 bits per heavy atom. The van der Waals surface area contributed by atoms with E-state index in [1.165, 1.54) is 0 Å². The van der Waals surface area contributed by atoms with Crippen LogP contribution in [0, 0.1) is 0 Å². The summed E-state index contributed by atoms with van der Waals surface area (Å²) in [6.07, 6.45) is 2.65. The third-order valence-corrected chi connectivity index (χ3v) is 5.95. The van der Waals surface area contributed by atoms with E-state index in [-0.39, 0.29) is 5.56 Å². The third kappa shape index (κ3) is 3.19. The smallest absolute Gasteiger partial charge is 0.255 e. The predicted octanol–water partition coefficient (Wildman–Crippen LogP) is 3.45. The highest BCUT2D eigenvalue weighted by atomic mass is 32.1. The van der Waals surface area contributed by atoms with E-state index in [1.54, 1.807) is 11.3 Å². The van der Waals surface area contributed by atoms with Crippen LogP contribution in [-0.4, -0.2) is 31.6 Å². The Morgan fingerprint density at radius 1 is 1.14 bits per heavy atom. The third-order valence-electron chi connectivity index (χ3n) is 5.08. The van der Waals surface area contributed by atoms with Gasteiger partial charge < -0.3 is 4.98 Å². The lowest BCUT2D eigenvalue weighted by Crippen LogP contribution is -2.35. The normalized spacial score (nSPS) is 14.1. The van der Waals surface area contributed by atoms with Gasteiger partial charge in [0.2, 0.25) is 0 Å². The Bertz CT molecular complexity index is 1150. The summed E-state index contributed by atoms with van der Waals surface area (Å²) in [7, 11) is 0. The number of thiophene rings is 1. The molecule has 0 unspecified atom stereocenters. The van der Waals surface area contributed by atoms with Crippen LogP contribution in [0.3, 0.4) is 0 Å². The molecule has 1 aliphatic heterocycles. The highest BCUT2D eigenvalue weighted by molar-refractivity contribution is 7.13. The van der Waals surface area contributed by atoms with Crippen molar-refractivity contribution in [3.8, 4) is 22.0 Å². The van der Waals surface area contributed by atoms with Crippen LogP contribution in [0.15, 0.2) is 58.8 Å². The maximum Gasteiger partial charge on any atom is 0.255 e. The van der Waals surface area contributed by atoms with E-state index in [1.807, 2.05) is 41.9 Å². The van der Waals surface area contributed by atoms with E-state index >= 15 is 0 Å². The van der Waals surface area contributed by atoms with E-state index in [4.69, 9.17) is 4.98 Å². The molecule has 28 heavy (non-hydrogen) atoms. The van der Waals surface area contributed by atoms with Crippen LogP contribution in [0.5, 0.6) is 0 Å². The van der Waals surface area contributed by atoms with E-state index < -0.39 is 0 Å². The first kappa shape index (κ1) is 17.1. The van der Waals surface area contributed by atoms with Crippen molar-refractivity contribution in [1.29, 1.82) is 0 Å². The molecule has 0 spiro atoms. The lowest BCUT2D eigenvalue weighted by atomic mass is 10.0. The van der Waals surface area contributed by atoms with Crippen molar-refractivity contribution in [2.45, 2.75) is 19.5 Å². The molecule has 0 fully saturated rings. The largest absolute Gasteiger partial charge is 0.306 e. The van der Waals surface area contributed by atoms with Crippen molar-refractivity contribution >= 4 is 11.3 Å². The molecule has 0 radical (unpaired) electrons. The van der Waals surface area contributed by atoms with Crippen LogP contribution in [0.25, 0.3) is 22.0 Å². The zero-order chi connectivity index (χ0) is 18.9. The minimum absolute atomic E-state index is 0.0337. The number of nitrogens with one attached hydrogen (secondary N) is 2. The Hall–Kier alpha value is -3.03. The summed E-state index contributed by atoms with van der Waals surface area (Å²) in [6, 6.07) is 14.1. The summed E-state index contributed by atoms with van der Waals surface area (Å²) < 4.78 is 0. The second-order valence-electron chi connectivity index (χ2n) is 6.91. The Kier molecular flexibility index (Phi) is 4.38. The van der Waals surface area contributed by atoms with E-state index in [9.17, 15) is 4.79 Å². The Morgan fingerprint density at radius 2 is 2.04 bits per heavy atom. The number of aromatic amines is 2. The van der Waals surface area contributed by atoms with Gasteiger partial charge in [0.15, 0.2) is 5.82 Å². The molecular formula is C21H19N5OS. The first-order valence-electron chi connectivity index (χ1n) is 9.24. The quantitative estimate of drug-likeness (QED) is 0.560. The highest BCUT2D eigenvalue weighted by Gasteiger charge is 2.23. The fourth-order valence-corrected chi connectivity index (χ4v) is 4.34. The molecule has 4 aromatic rings. The second kappa shape index (κ2) is 7.18. The number of nitrogens with zero attached hydrogens (tertiary/aromatic N) is 3. The van der Waals surface area contributed by atoms with Crippen LogP contribution in [0.2, 0.25) is 0 Å². The first-order chi connectivity index (χ1) is 13.8. The van der Waals surface area contributed by atoms with Crippen molar-refractivity contribution in [2.75, 3.05) is 6.54 Å². The summed E-state index contributed by atoms with van der Waals surface area (Å²) in [5.41, 5.74) is 4.94. The minimum atomic E-state index is -0.0337. The summed E-state index contributed by atoms with van der Waals surface area (Å²) in [6.45, 7) is 2.21. The molecule has 5 rings (SSSR count). The van der Waals surface area contributed by atoms with Crippen molar-refractivity contribution in [3.63, 3.8) is 0 Å². The van der Waals surface area contributed by atoms with Gasteiger partial charge in [0.25, 0.3) is 5.56 Å². The average Bonchev–Trinajstić information content (AvgIpc) is 3.41. The molecule has 140 valence electrons.